The van der Waals surface area contributed by atoms with E-state index in [2.05, 4.69) is 12.6 Å². The Morgan fingerprint density at radius 1 is 0.973 bits per heavy atom. The van der Waals surface area contributed by atoms with Gasteiger partial charge < -0.3 is 9.47 Å². The van der Waals surface area contributed by atoms with Crippen LogP contribution in [0.15, 0.2) is 72.8 Å². The summed E-state index contributed by atoms with van der Waals surface area (Å²) in [4.78, 5) is 1.08. The Bertz CT molecular complexity index is 1240. The van der Waals surface area contributed by atoms with Crippen molar-refractivity contribution in [3.05, 3.63) is 72.8 Å². The number of allylic oxidation sites excluding steroid dienone is 2. The summed E-state index contributed by atoms with van der Waals surface area (Å²) in [5.41, 5.74) is 1.11. The van der Waals surface area contributed by atoms with Crippen molar-refractivity contribution in [3.8, 4) is 21.9 Å². The highest BCUT2D eigenvalue weighted by Gasteiger charge is 2.39. The Kier molecular flexibility index (Phi) is 7.99. The lowest BCUT2D eigenvalue weighted by Gasteiger charge is -2.36. The van der Waals surface area contributed by atoms with Crippen molar-refractivity contribution >= 4 is 21.4 Å². The maximum absolute atomic E-state index is 15.1. The second kappa shape index (κ2) is 11.4. The van der Waals surface area contributed by atoms with Gasteiger partial charge in [-0.25, -0.2) is 0 Å². The van der Waals surface area contributed by atoms with Gasteiger partial charge in [0.15, 0.2) is 0 Å². The summed E-state index contributed by atoms with van der Waals surface area (Å²) in [6.07, 6.45) is 9.86. The van der Waals surface area contributed by atoms with Gasteiger partial charge >= 0.3 is 6.11 Å². The van der Waals surface area contributed by atoms with Crippen LogP contribution in [0.25, 0.3) is 20.5 Å². The second-order valence-electron chi connectivity index (χ2n) is 10.6. The van der Waals surface area contributed by atoms with Gasteiger partial charge in [0.25, 0.3) is 0 Å². The van der Waals surface area contributed by atoms with Gasteiger partial charge in [0.1, 0.15) is 11.5 Å². The third kappa shape index (κ3) is 6.09. The van der Waals surface area contributed by atoms with Crippen LogP contribution in [0.2, 0.25) is 0 Å². The van der Waals surface area contributed by atoms with Crippen molar-refractivity contribution in [2.24, 2.45) is 17.8 Å². The molecule has 2 aromatic carbocycles. The van der Waals surface area contributed by atoms with Crippen molar-refractivity contribution in [3.63, 3.8) is 0 Å². The van der Waals surface area contributed by atoms with E-state index in [0.29, 0.717) is 18.3 Å². The zero-order valence-corrected chi connectivity index (χ0v) is 22.4. The van der Waals surface area contributed by atoms with Crippen LogP contribution >= 0.6 is 11.3 Å². The summed E-state index contributed by atoms with van der Waals surface area (Å²) in [6, 6.07) is 15.1. The molecule has 196 valence electrons. The number of fused-ring (bicyclic) bond motifs is 1. The summed E-state index contributed by atoms with van der Waals surface area (Å²) in [6.45, 7) is 3.83. The van der Waals surface area contributed by atoms with Gasteiger partial charge in [-0.15, -0.1) is 17.9 Å². The fourth-order valence-corrected chi connectivity index (χ4v) is 7.13. The molecule has 1 atom stereocenters. The van der Waals surface area contributed by atoms with E-state index in [1.807, 2.05) is 36.4 Å². The molecule has 37 heavy (non-hydrogen) atoms. The predicted molar refractivity (Wildman–Crippen MR) is 150 cm³/mol. The van der Waals surface area contributed by atoms with Crippen LogP contribution in [0.5, 0.6) is 11.5 Å². The maximum atomic E-state index is 15.1. The van der Waals surface area contributed by atoms with Crippen LogP contribution in [0.1, 0.15) is 57.8 Å². The van der Waals surface area contributed by atoms with E-state index in [1.165, 1.54) is 32.1 Å². The third-order valence-electron chi connectivity index (χ3n) is 8.27. The van der Waals surface area contributed by atoms with Crippen LogP contribution < -0.4 is 9.47 Å². The minimum Gasteiger partial charge on any atom is -0.497 e. The molecular formula is C32H36F2O2S. The SMILES string of the molecule is C=CCCC1CCC(C2CC=C(C(F)(F)Oc3ccc(-c4cc5ccc(OC)cc5s4)cc3)CC2)CC1. The standard InChI is InChI=1S/C32H36F2O2S/c1-3-4-5-22-6-8-23(9-7-22)24-10-15-27(16-11-24)32(33,34)36-28-17-12-25(13-18-28)30-20-26-14-19-29(35-2)21-31(26)37-30/h3,12-15,17-24H,1,4-11,16H2,2H3. The van der Waals surface area contributed by atoms with E-state index in [4.69, 9.17) is 9.47 Å². The predicted octanol–water partition coefficient (Wildman–Crippen LogP) is 10.0. The first-order valence-corrected chi connectivity index (χ1v) is 14.3. The number of hydrogen-bond donors (Lipinski definition) is 0. The highest BCUT2D eigenvalue weighted by molar-refractivity contribution is 7.22. The van der Waals surface area contributed by atoms with Crippen LogP contribution in [-0.2, 0) is 0 Å². The Morgan fingerprint density at radius 3 is 2.41 bits per heavy atom. The highest BCUT2D eigenvalue weighted by Crippen LogP contribution is 2.44. The molecular weight excluding hydrogens is 486 g/mol. The van der Waals surface area contributed by atoms with Crippen molar-refractivity contribution in [1.82, 2.24) is 0 Å². The van der Waals surface area contributed by atoms with Crippen molar-refractivity contribution in [2.45, 2.75) is 63.9 Å². The lowest BCUT2D eigenvalue weighted by molar-refractivity contribution is -0.145. The first-order chi connectivity index (χ1) is 17.9. The third-order valence-corrected chi connectivity index (χ3v) is 9.42. The average molecular weight is 523 g/mol. The second-order valence-corrected chi connectivity index (χ2v) is 11.7. The summed E-state index contributed by atoms with van der Waals surface area (Å²) in [5.74, 6) is 3.03. The summed E-state index contributed by atoms with van der Waals surface area (Å²) in [7, 11) is 1.66. The Hall–Kier alpha value is -2.66. The average Bonchev–Trinajstić information content (AvgIpc) is 3.36. The molecule has 0 saturated heterocycles. The molecule has 0 spiro atoms. The van der Waals surface area contributed by atoms with E-state index in [-0.39, 0.29) is 11.3 Å². The molecule has 5 rings (SSSR count). The molecule has 1 unspecified atom stereocenters. The number of rotatable bonds is 9. The first kappa shape index (κ1) is 26.0. The van der Waals surface area contributed by atoms with Gasteiger partial charge in [-0.3, -0.25) is 0 Å². The van der Waals surface area contributed by atoms with Crippen molar-refractivity contribution < 1.29 is 18.3 Å². The molecule has 1 fully saturated rings. The molecule has 1 saturated carbocycles. The highest BCUT2D eigenvalue weighted by atomic mass is 32.1. The molecule has 2 aliphatic rings. The van der Waals surface area contributed by atoms with E-state index < -0.39 is 6.11 Å². The quantitative estimate of drug-likeness (QED) is 0.260. The topological polar surface area (TPSA) is 18.5 Å². The number of methoxy groups -OCH3 is 1. The fourth-order valence-electron chi connectivity index (χ4n) is 6.03. The molecule has 1 aromatic heterocycles. The van der Waals surface area contributed by atoms with Crippen LogP contribution in [0, 0.1) is 17.8 Å². The molecule has 2 aliphatic carbocycles. The van der Waals surface area contributed by atoms with Gasteiger partial charge in [0, 0.05) is 15.2 Å². The zero-order valence-electron chi connectivity index (χ0n) is 21.6. The van der Waals surface area contributed by atoms with Gasteiger partial charge in [-0.1, -0.05) is 25.0 Å². The summed E-state index contributed by atoms with van der Waals surface area (Å²) in [5, 5.41) is 1.14. The normalized spacial score (nSPS) is 22.5. The van der Waals surface area contributed by atoms with Crippen LogP contribution in [0.4, 0.5) is 8.78 Å². The van der Waals surface area contributed by atoms with E-state index in [1.54, 1.807) is 36.7 Å². The first-order valence-electron chi connectivity index (χ1n) is 13.5. The zero-order chi connectivity index (χ0) is 25.8. The summed E-state index contributed by atoms with van der Waals surface area (Å²) >= 11 is 1.65. The van der Waals surface area contributed by atoms with Gasteiger partial charge in [0.2, 0.25) is 0 Å². The summed E-state index contributed by atoms with van der Waals surface area (Å²) < 4.78 is 41.8. The molecule has 0 bridgehead atoms. The minimum absolute atomic E-state index is 0.131. The molecule has 0 amide bonds. The van der Waals surface area contributed by atoms with Gasteiger partial charge in [0.05, 0.1) is 7.11 Å². The van der Waals surface area contributed by atoms with Crippen LogP contribution in [0.3, 0.4) is 0 Å². The Morgan fingerprint density at radius 2 is 1.73 bits per heavy atom. The van der Waals surface area contributed by atoms with Crippen LogP contribution in [-0.4, -0.2) is 13.2 Å². The van der Waals surface area contributed by atoms with E-state index in [0.717, 1.165) is 51.5 Å². The number of hydrogen-bond acceptors (Lipinski definition) is 3. The monoisotopic (exact) mass is 522 g/mol. The number of halogens is 2. The number of alkyl halides is 2. The Labute approximate surface area is 223 Å². The Balaban J connectivity index is 1.18. The fraction of sp³-hybridized carbons (Fsp3) is 0.438. The number of ether oxygens (including phenoxy) is 2. The van der Waals surface area contributed by atoms with Gasteiger partial charge in [-0.05, 0) is 122 Å². The van der Waals surface area contributed by atoms with E-state index in [9.17, 15) is 0 Å². The lowest BCUT2D eigenvalue weighted by Crippen LogP contribution is -2.31. The molecule has 0 N–H and O–H groups in total. The van der Waals surface area contributed by atoms with Crippen molar-refractivity contribution in [1.29, 1.82) is 0 Å². The molecule has 0 radical (unpaired) electrons. The number of thiophene rings is 1. The molecule has 3 aromatic rings. The molecule has 2 nitrogen and oxygen atoms in total. The molecule has 1 heterocycles. The van der Waals surface area contributed by atoms with Gasteiger partial charge in [-0.2, -0.15) is 8.78 Å². The lowest BCUT2D eigenvalue weighted by atomic mass is 9.70. The molecule has 0 aliphatic heterocycles. The van der Waals surface area contributed by atoms with Crippen molar-refractivity contribution in [2.75, 3.05) is 7.11 Å². The smallest absolute Gasteiger partial charge is 0.422 e. The largest absolute Gasteiger partial charge is 0.497 e. The van der Waals surface area contributed by atoms with E-state index >= 15 is 8.78 Å². The minimum atomic E-state index is -3.27. The number of benzene rings is 2. The molecule has 5 heteroatoms. The maximum Gasteiger partial charge on any atom is 0.422 e.